The van der Waals surface area contributed by atoms with Crippen LogP contribution in [-0.4, -0.2) is 36.0 Å². The number of aromatic nitrogens is 2. The molecule has 1 aliphatic carbocycles. The van der Waals surface area contributed by atoms with Crippen molar-refractivity contribution in [2.24, 2.45) is 5.41 Å². The SMILES string of the molecule is COc1c(C(NCCC#N)C2(C)CCNC2)ccc2c(=O)n(N)c(=O)n(C3CC3)c12. The van der Waals surface area contributed by atoms with Gasteiger partial charge in [-0.05, 0) is 31.9 Å². The van der Waals surface area contributed by atoms with Crippen molar-refractivity contribution in [3.63, 3.8) is 0 Å². The zero-order valence-corrected chi connectivity index (χ0v) is 17.4. The Hall–Kier alpha value is -2.83. The van der Waals surface area contributed by atoms with E-state index in [-0.39, 0.29) is 17.5 Å². The summed E-state index contributed by atoms with van der Waals surface area (Å²) in [4.78, 5) is 25.6. The third-order valence-corrected chi connectivity index (χ3v) is 6.38. The molecular weight excluding hydrogens is 384 g/mol. The molecule has 2 atom stereocenters. The second-order valence-electron chi connectivity index (χ2n) is 8.52. The molecule has 4 N–H and O–H groups in total. The van der Waals surface area contributed by atoms with E-state index in [0.717, 1.165) is 37.9 Å². The molecule has 2 heterocycles. The molecule has 1 aromatic heterocycles. The Kier molecular flexibility index (Phi) is 5.30. The van der Waals surface area contributed by atoms with E-state index in [4.69, 9.17) is 15.8 Å². The molecule has 1 saturated carbocycles. The van der Waals surface area contributed by atoms with E-state index in [9.17, 15) is 9.59 Å². The first kappa shape index (κ1) is 20.4. The molecule has 1 aliphatic heterocycles. The van der Waals surface area contributed by atoms with E-state index in [2.05, 4.69) is 23.6 Å². The van der Waals surface area contributed by atoms with E-state index in [1.807, 2.05) is 6.07 Å². The summed E-state index contributed by atoms with van der Waals surface area (Å²) in [5, 5.41) is 16.3. The van der Waals surface area contributed by atoms with Gasteiger partial charge in [0.2, 0.25) is 0 Å². The number of nitrogens with one attached hydrogen (secondary N) is 2. The van der Waals surface area contributed by atoms with Crippen LogP contribution in [0.1, 0.15) is 50.3 Å². The maximum absolute atomic E-state index is 12.8. The summed E-state index contributed by atoms with van der Waals surface area (Å²) < 4.78 is 8.14. The van der Waals surface area contributed by atoms with Crippen molar-refractivity contribution in [3.05, 3.63) is 38.5 Å². The standard InChI is InChI=1S/C21H28N6O3/c1-21(8-11-24-12-21)18(25-10-3-9-22)15-7-6-14-16(17(15)30-2)26(13-4-5-13)20(29)27(23)19(14)28/h6-7,13,18,24-25H,3-5,8,10-12,23H2,1-2H3. The van der Waals surface area contributed by atoms with E-state index >= 15 is 0 Å². The smallest absolute Gasteiger partial charge is 0.350 e. The highest BCUT2D eigenvalue weighted by Crippen LogP contribution is 2.45. The molecule has 4 rings (SSSR count). The monoisotopic (exact) mass is 412 g/mol. The van der Waals surface area contributed by atoms with Crippen LogP contribution in [0.3, 0.4) is 0 Å². The fourth-order valence-electron chi connectivity index (χ4n) is 4.63. The van der Waals surface area contributed by atoms with Gasteiger partial charge in [0.25, 0.3) is 5.56 Å². The summed E-state index contributed by atoms with van der Waals surface area (Å²) in [6.45, 7) is 4.47. The highest BCUT2D eigenvalue weighted by Gasteiger charge is 2.40. The predicted molar refractivity (Wildman–Crippen MR) is 114 cm³/mol. The van der Waals surface area contributed by atoms with E-state index in [0.29, 0.717) is 34.3 Å². The number of hydrogen-bond acceptors (Lipinski definition) is 7. The maximum atomic E-state index is 12.8. The summed E-state index contributed by atoms with van der Waals surface area (Å²) >= 11 is 0. The van der Waals surface area contributed by atoms with Crippen molar-refractivity contribution >= 4 is 10.9 Å². The molecule has 9 heteroatoms. The van der Waals surface area contributed by atoms with Crippen LogP contribution in [0.4, 0.5) is 0 Å². The van der Waals surface area contributed by atoms with Gasteiger partial charge >= 0.3 is 5.69 Å². The van der Waals surface area contributed by atoms with Gasteiger partial charge in [-0.3, -0.25) is 9.36 Å². The van der Waals surface area contributed by atoms with Crippen LogP contribution in [0.2, 0.25) is 0 Å². The molecule has 2 fully saturated rings. The maximum Gasteiger partial charge on any atom is 0.350 e. The molecule has 160 valence electrons. The van der Waals surface area contributed by atoms with Crippen molar-refractivity contribution in [2.75, 3.05) is 32.6 Å². The van der Waals surface area contributed by atoms with Crippen LogP contribution < -0.4 is 32.5 Å². The topological polar surface area (TPSA) is 127 Å². The molecule has 0 spiro atoms. The molecule has 1 aromatic carbocycles. The minimum absolute atomic E-state index is 0.0216. The quantitative estimate of drug-likeness (QED) is 0.453. The molecule has 2 aromatic rings. The number of nitrogens with zero attached hydrogens (tertiary/aromatic N) is 3. The van der Waals surface area contributed by atoms with E-state index < -0.39 is 11.2 Å². The third-order valence-electron chi connectivity index (χ3n) is 6.38. The number of hydrogen-bond donors (Lipinski definition) is 3. The van der Waals surface area contributed by atoms with Crippen molar-refractivity contribution in [1.82, 2.24) is 19.9 Å². The van der Waals surface area contributed by atoms with Crippen LogP contribution in [0.5, 0.6) is 5.75 Å². The van der Waals surface area contributed by atoms with Crippen molar-refractivity contribution in [1.29, 1.82) is 5.26 Å². The van der Waals surface area contributed by atoms with Crippen molar-refractivity contribution in [2.45, 2.75) is 44.7 Å². The van der Waals surface area contributed by atoms with Crippen molar-refractivity contribution < 1.29 is 4.74 Å². The third kappa shape index (κ3) is 3.26. The van der Waals surface area contributed by atoms with Gasteiger partial charge in [-0.15, -0.1) is 0 Å². The molecular formula is C21H28N6O3. The van der Waals surface area contributed by atoms with Crippen molar-refractivity contribution in [3.8, 4) is 11.8 Å². The van der Waals surface area contributed by atoms with Crippen LogP contribution in [0, 0.1) is 16.7 Å². The molecule has 30 heavy (non-hydrogen) atoms. The van der Waals surface area contributed by atoms with Gasteiger partial charge in [0.1, 0.15) is 11.3 Å². The Labute approximate surface area is 174 Å². The van der Waals surface area contributed by atoms with Crippen LogP contribution >= 0.6 is 0 Å². The fourth-order valence-corrected chi connectivity index (χ4v) is 4.63. The lowest BCUT2D eigenvalue weighted by Gasteiger charge is -2.35. The lowest BCUT2D eigenvalue weighted by atomic mass is 9.77. The fraction of sp³-hybridized carbons (Fsp3) is 0.571. The second-order valence-corrected chi connectivity index (χ2v) is 8.52. The molecule has 0 bridgehead atoms. The number of rotatable bonds is 7. The normalized spacial score (nSPS) is 22.2. The Balaban J connectivity index is 1.97. The van der Waals surface area contributed by atoms with Crippen LogP contribution in [0.15, 0.2) is 21.7 Å². The summed E-state index contributed by atoms with van der Waals surface area (Å²) in [5.41, 5.74) is 0.241. The molecule has 0 amide bonds. The highest BCUT2D eigenvalue weighted by molar-refractivity contribution is 5.86. The number of nitrogen functional groups attached to an aromatic ring is 1. The Morgan fingerprint density at radius 3 is 2.80 bits per heavy atom. The van der Waals surface area contributed by atoms with Gasteiger partial charge in [0.05, 0.1) is 18.6 Å². The lowest BCUT2D eigenvalue weighted by Crippen LogP contribution is -2.44. The summed E-state index contributed by atoms with van der Waals surface area (Å²) in [6.07, 6.45) is 3.08. The second kappa shape index (κ2) is 7.78. The Morgan fingerprint density at radius 2 is 2.20 bits per heavy atom. The largest absolute Gasteiger partial charge is 0.494 e. The Bertz CT molecular complexity index is 1120. The molecule has 1 saturated heterocycles. The summed E-state index contributed by atoms with van der Waals surface area (Å²) in [7, 11) is 1.57. The zero-order valence-electron chi connectivity index (χ0n) is 17.4. The first-order valence-corrected chi connectivity index (χ1v) is 10.4. The average Bonchev–Trinajstić information content (AvgIpc) is 3.48. The molecule has 0 radical (unpaired) electrons. The average molecular weight is 412 g/mol. The van der Waals surface area contributed by atoms with Gasteiger partial charge < -0.3 is 21.2 Å². The Morgan fingerprint density at radius 1 is 1.43 bits per heavy atom. The number of fused-ring (bicyclic) bond motifs is 1. The highest BCUT2D eigenvalue weighted by atomic mass is 16.5. The van der Waals surface area contributed by atoms with E-state index in [1.165, 1.54) is 0 Å². The number of methoxy groups -OCH3 is 1. The number of benzene rings is 1. The first-order valence-electron chi connectivity index (χ1n) is 10.4. The first-order chi connectivity index (χ1) is 14.4. The van der Waals surface area contributed by atoms with Gasteiger partial charge in [-0.25, -0.2) is 4.79 Å². The van der Waals surface area contributed by atoms with Crippen LogP contribution in [0.25, 0.3) is 10.9 Å². The predicted octanol–water partition coefficient (Wildman–Crippen LogP) is 0.764. The van der Waals surface area contributed by atoms with Gasteiger partial charge in [0.15, 0.2) is 0 Å². The lowest BCUT2D eigenvalue weighted by molar-refractivity contribution is 0.239. The minimum Gasteiger partial charge on any atom is -0.494 e. The number of nitriles is 1. The molecule has 2 aliphatic rings. The van der Waals surface area contributed by atoms with E-state index in [1.54, 1.807) is 17.7 Å². The van der Waals surface area contributed by atoms with Gasteiger partial charge in [-0.1, -0.05) is 13.0 Å². The molecule has 9 nitrogen and oxygen atoms in total. The molecule has 2 unspecified atom stereocenters. The van der Waals surface area contributed by atoms with Gasteiger partial charge in [0, 0.05) is 42.6 Å². The number of ether oxygens (including phenoxy) is 1. The van der Waals surface area contributed by atoms with Crippen LogP contribution in [-0.2, 0) is 0 Å². The van der Waals surface area contributed by atoms with Gasteiger partial charge in [-0.2, -0.15) is 9.94 Å². The minimum atomic E-state index is -0.528. The zero-order chi connectivity index (χ0) is 21.5. The number of nitrogens with two attached hydrogens (primary N) is 1. The summed E-state index contributed by atoms with van der Waals surface area (Å²) in [6, 6.07) is 5.71. The summed E-state index contributed by atoms with van der Waals surface area (Å²) in [5.74, 6) is 6.31.